The third-order valence-electron chi connectivity index (χ3n) is 6.21. The number of carbonyl (C=O) groups excluding carboxylic acids is 2. The van der Waals surface area contributed by atoms with E-state index in [0.717, 1.165) is 5.56 Å². The predicted octanol–water partition coefficient (Wildman–Crippen LogP) is 5.79. The molecule has 2 amide bonds. The van der Waals surface area contributed by atoms with E-state index >= 15 is 0 Å². The summed E-state index contributed by atoms with van der Waals surface area (Å²) in [5.41, 5.74) is 0.472. The Labute approximate surface area is 209 Å². The minimum absolute atomic E-state index is 0.0323. The number of rotatable bonds is 7. The fourth-order valence-corrected chi connectivity index (χ4v) is 4.33. The summed E-state index contributed by atoms with van der Waals surface area (Å²) < 4.78 is 18.8. The number of nitrogens with zero attached hydrogens (tertiary/aromatic N) is 2. The van der Waals surface area contributed by atoms with E-state index in [9.17, 15) is 14.0 Å². The lowest BCUT2D eigenvalue weighted by molar-refractivity contribution is -0.140. The Kier molecular flexibility index (Phi) is 7.45. The van der Waals surface area contributed by atoms with Gasteiger partial charge in [-0.25, -0.2) is 4.39 Å². The van der Waals surface area contributed by atoms with Crippen molar-refractivity contribution in [1.29, 1.82) is 5.26 Å². The average molecular weight is 484 g/mol. The zero-order valence-electron chi connectivity index (χ0n) is 19.9. The van der Waals surface area contributed by atoms with E-state index in [1.54, 1.807) is 31.2 Å². The maximum Gasteiger partial charge on any atom is 0.250 e. The van der Waals surface area contributed by atoms with Crippen LogP contribution in [0.25, 0.3) is 6.08 Å². The van der Waals surface area contributed by atoms with Crippen LogP contribution in [0.15, 0.2) is 84.9 Å². The van der Waals surface area contributed by atoms with Gasteiger partial charge in [-0.3, -0.25) is 9.59 Å². The summed E-state index contributed by atoms with van der Waals surface area (Å²) in [5.74, 6) is -0.0436. The molecule has 1 saturated heterocycles. The van der Waals surface area contributed by atoms with Crippen molar-refractivity contribution in [3.05, 3.63) is 96.3 Å². The van der Waals surface area contributed by atoms with Crippen LogP contribution in [-0.4, -0.2) is 28.8 Å². The minimum Gasteiger partial charge on any atom is -0.457 e. The van der Waals surface area contributed by atoms with Crippen molar-refractivity contribution in [3.63, 3.8) is 0 Å². The van der Waals surface area contributed by atoms with Gasteiger partial charge in [0.25, 0.3) is 0 Å². The summed E-state index contributed by atoms with van der Waals surface area (Å²) in [6, 6.07) is 24.2. The van der Waals surface area contributed by atoms with Gasteiger partial charge >= 0.3 is 0 Å². The molecule has 0 aromatic heterocycles. The molecule has 1 aliphatic heterocycles. The Bertz CT molecular complexity index is 1280. The number of anilines is 1. The molecule has 1 fully saturated rings. The molecule has 182 valence electrons. The van der Waals surface area contributed by atoms with E-state index in [1.165, 1.54) is 29.2 Å². The van der Waals surface area contributed by atoms with Gasteiger partial charge in [0.2, 0.25) is 11.8 Å². The smallest absolute Gasteiger partial charge is 0.250 e. The van der Waals surface area contributed by atoms with E-state index in [1.807, 2.05) is 48.6 Å². The molecule has 0 saturated carbocycles. The Morgan fingerprint density at radius 3 is 2.36 bits per heavy atom. The molecule has 36 heavy (non-hydrogen) atoms. The van der Waals surface area contributed by atoms with Gasteiger partial charge in [0, 0.05) is 12.2 Å². The van der Waals surface area contributed by atoms with Crippen LogP contribution in [0.1, 0.15) is 25.3 Å². The van der Waals surface area contributed by atoms with Gasteiger partial charge in [0.05, 0.1) is 6.07 Å². The van der Waals surface area contributed by atoms with Crippen LogP contribution in [0.4, 0.5) is 10.1 Å². The normalized spacial score (nSPS) is 19.1. The van der Waals surface area contributed by atoms with E-state index < -0.39 is 5.54 Å². The van der Waals surface area contributed by atoms with Crippen LogP contribution in [0, 0.1) is 23.1 Å². The van der Waals surface area contributed by atoms with Crippen molar-refractivity contribution >= 4 is 23.6 Å². The maximum absolute atomic E-state index is 13.4. The summed E-state index contributed by atoms with van der Waals surface area (Å²) in [4.78, 5) is 27.7. The number of hydrogen-bond acceptors (Lipinski definition) is 4. The van der Waals surface area contributed by atoms with Crippen LogP contribution in [0.2, 0.25) is 0 Å². The van der Waals surface area contributed by atoms with Crippen LogP contribution >= 0.6 is 0 Å². The molecule has 0 spiro atoms. The highest BCUT2D eigenvalue weighted by Gasteiger charge is 2.48. The monoisotopic (exact) mass is 483 g/mol. The second kappa shape index (κ2) is 10.9. The Morgan fingerprint density at radius 2 is 1.72 bits per heavy atom. The first-order valence-corrected chi connectivity index (χ1v) is 11.6. The van der Waals surface area contributed by atoms with Gasteiger partial charge in [0.15, 0.2) is 0 Å². The van der Waals surface area contributed by atoms with Crippen LogP contribution < -0.4 is 10.1 Å². The molecule has 2 unspecified atom stereocenters. The molecule has 1 aliphatic rings. The van der Waals surface area contributed by atoms with Gasteiger partial charge in [-0.2, -0.15) is 5.26 Å². The molecule has 1 heterocycles. The third-order valence-corrected chi connectivity index (χ3v) is 6.21. The highest BCUT2D eigenvalue weighted by molar-refractivity contribution is 6.01. The fraction of sp³-hybridized carbons (Fsp3) is 0.207. The molecule has 1 N–H and O–H groups in total. The molecule has 0 radical (unpaired) electrons. The van der Waals surface area contributed by atoms with Gasteiger partial charge in [-0.1, -0.05) is 42.5 Å². The highest BCUT2D eigenvalue weighted by Crippen LogP contribution is 2.36. The van der Waals surface area contributed by atoms with Crippen molar-refractivity contribution in [1.82, 2.24) is 4.90 Å². The molecular formula is C29H26FN3O3. The summed E-state index contributed by atoms with van der Waals surface area (Å²) >= 11 is 0. The second-order valence-corrected chi connectivity index (χ2v) is 8.88. The van der Waals surface area contributed by atoms with Gasteiger partial charge in [-0.15, -0.1) is 0 Å². The molecule has 2 atom stereocenters. The average Bonchev–Trinajstić information content (AvgIpc) is 3.24. The molecule has 7 heteroatoms. The first-order valence-electron chi connectivity index (χ1n) is 11.6. The second-order valence-electron chi connectivity index (χ2n) is 8.88. The van der Waals surface area contributed by atoms with Crippen LogP contribution in [-0.2, 0) is 9.59 Å². The van der Waals surface area contributed by atoms with E-state index in [0.29, 0.717) is 30.2 Å². The number of likely N-dealkylation sites (tertiary alicyclic amines) is 1. The zero-order chi connectivity index (χ0) is 25.5. The van der Waals surface area contributed by atoms with Gasteiger partial charge < -0.3 is 15.0 Å². The lowest BCUT2D eigenvalue weighted by Gasteiger charge is -2.33. The van der Waals surface area contributed by atoms with Gasteiger partial charge in [-0.05, 0) is 73.4 Å². The molecule has 0 bridgehead atoms. The molecular weight excluding hydrogens is 457 g/mol. The van der Waals surface area contributed by atoms with Crippen molar-refractivity contribution in [2.75, 3.05) is 11.9 Å². The standard InChI is InChI=1S/C29H26FN3O3/c1-29(19-22(20-33(29)27(34)17-18-31)8-7-21-5-3-2-4-6-21)28(35)32-24-11-15-26(16-12-24)36-25-13-9-23(30)10-14-25/h2-16,22H,17,19-20H2,1H3,(H,32,35)/b8-7+. The summed E-state index contributed by atoms with van der Waals surface area (Å²) in [6.07, 6.45) is 4.15. The highest BCUT2D eigenvalue weighted by atomic mass is 19.1. The molecule has 3 aromatic rings. The van der Waals surface area contributed by atoms with Crippen LogP contribution in [0.3, 0.4) is 0 Å². The summed E-state index contributed by atoms with van der Waals surface area (Å²) in [7, 11) is 0. The molecule has 0 aliphatic carbocycles. The lowest BCUT2D eigenvalue weighted by atomic mass is 9.92. The largest absolute Gasteiger partial charge is 0.457 e. The first-order chi connectivity index (χ1) is 17.4. The van der Waals surface area contributed by atoms with Crippen molar-refractivity contribution in [3.8, 4) is 17.6 Å². The number of carbonyl (C=O) groups is 2. The zero-order valence-corrected chi connectivity index (χ0v) is 19.9. The Hall–Kier alpha value is -4.44. The van der Waals surface area contributed by atoms with E-state index in [2.05, 4.69) is 5.32 Å². The fourth-order valence-electron chi connectivity index (χ4n) is 4.33. The summed E-state index contributed by atoms with van der Waals surface area (Å²) in [5, 5.41) is 12.0. The van der Waals surface area contributed by atoms with Crippen molar-refractivity contribution in [2.45, 2.75) is 25.3 Å². The Morgan fingerprint density at radius 1 is 1.08 bits per heavy atom. The van der Waals surface area contributed by atoms with Crippen molar-refractivity contribution in [2.24, 2.45) is 5.92 Å². The number of hydrogen-bond donors (Lipinski definition) is 1. The SMILES string of the molecule is CC1(C(=O)Nc2ccc(Oc3ccc(F)cc3)cc2)CC(/C=C/c2ccccc2)CN1C(=O)CC#N. The van der Waals surface area contributed by atoms with Crippen molar-refractivity contribution < 1.29 is 18.7 Å². The lowest BCUT2D eigenvalue weighted by Crippen LogP contribution is -2.53. The summed E-state index contributed by atoms with van der Waals surface area (Å²) in [6.45, 7) is 2.10. The number of ether oxygens (including phenoxy) is 1. The maximum atomic E-state index is 13.4. The minimum atomic E-state index is -1.11. The molecule has 6 nitrogen and oxygen atoms in total. The third kappa shape index (κ3) is 5.78. The Balaban J connectivity index is 1.47. The number of halogens is 1. The molecule has 4 rings (SSSR count). The predicted molar refractivity (Wildman–Crippen MR) is 135 cm³/mol. The number of nitrogens with one attached hydrogen (secondary N) is 1. The number of benzene rings is 3. The first kappa shape index (κ1) is 24.7. The quantitative estimate of drug-likeness (QED) is 0.461. The molecule has 3 aromatic carbocycles. The van der Waals surface area contributed by atoms with Gasteiger partial charge in [0.1, 0.15) is 29.3 Å². The topological polar surface area (TPSA) is 82.4 Å². The van der Waals surface area contributed by atoms with Crippen LogP contribution in [0.5, 0.6) is 11.5 Å². The number of amides is 2. The van der Waals surface area contributed by atoms with E-state index in [-0.39, 0.29) is 30.0 Å². The van der Waals surface area contributed by atoms with E-state index in [4.69, 9.17) is 10.00 Å². The number of nitriles is 1.